The van der Waals surface area contributed by atoms with Crippen LogP contribution in [0.3, 0.4) is 0 Å². The third-order valence-corrected chi connectivity index (χ3v) is 4.91. The number of rotatable bonds is 5. The molecule has 7 nitrogen and oxygen atoms in total. The molecule has 0 bridgehead atoms. The zero-order valence-corrected chi connectivity index (χ0v) is 15.0. The van der Waals surface area contributed by atoms with Crippen molar-refractivity contribution >= 4 is 5.91 Å². The number of para-hydroxylation sites is 1. The summed E-state index contributed by atoms with van der Waals surface area (Å²) in [5, 5.41) is 7.46. The summed E-state index contributed by atoms with van der Waals surface area (Å²) < 4.78 is 12.9. The number of aromatic nitrogens is 2. The molecule has 1 aromatic carbocycles. The largest absolute Gasteiger partial charge is 0.488 e. The number of hydrogen-bond acceptors (Lipinski definition) is 5. The number of ether oxygens (including phenoxy) is 2. The van der Waals surface area contributed by atoms with Crippen molar-refractivity contribution in [3.63, 3.8) is 0 Å². The minimum absolute atomic E-state index is 0.133. The number of benzene rings is 1. The Labute approximate surface area is 152 Å². The molecule has 2 aromatic rings. The van der Waals surface area contributed by atoms with Crippen LogP contribution in [-0.4, -0.2) is 60.0 Å². The molecule has 1 N–H and O–H groups in total. The van der Waals surface area contributed by atoms with E-state index in [1.165, 1.54) is 0 Å². The normalized spacial score (nSPS) is 16.5. The number of morpholine rings is 1. The van der Waals surface area contributed by atoms with Crippen LogP contribution in [-0.2, 0) is 18.4 Å². The first-order valence-corrected chi connectivity index (χ1v) is 9.10. The molecule has 26 heavy (non-hydrogen) atoms. The topological polar surface area (TPSA) is 68.6 Å². The number of fused-ring (bicyclic) bond motifs is 3. The van der Waals surface area contributed by atoms with Gasteiger partial charge in [0.1, 0.15) is 12.4 Å². The number of hydrogen-bond donors (Lipinski definition) is 1. The van der Waals surface area contributed by atoms with Gasteiger partial charge in [-0.1, -0.05) is 12.1 Å². The molecule has 138 valence electrons. The van der Waals surface area contributed by atoms with Crippen LogP contribution in [0.2, 0.25) is 0 Å². The molecule has 1 fully saturated rings. The molecule has 0 spiro atoms. The SMILES string of the molecule is Cn1nc(C(=O)NCCCN2CCOCC2)c2c1-c1ccccc1OC2. The van der Waals surface area contributed by atoms with Crippen LogP contribution in [0, 0.1) is 0 Å². The van der Waals surface area contributed by atoms with Gasteiger partial charge in [-0.2, -0.15) is 5.10 Å². The van der Waals surface area contributed by atoms with Crippen LogP contribution in [0.4, 0.5) is 0 Å². The van der Waals surface area contributed by atoms with Crippen molar-refractivity contribution in [1.29, 1.82) is 0 Å². The fraction of sp³-hybridized carbons (Fsp3) is 0.474. The average molecular weight is 356 g/mol. The van der Waals surface area contributed by atoms with Gasteiger partial charge in [0.2, 0.25) is 0 Å². The summed E-state index contributed by atoms with van der Waals surface area (Å²) in [6.07, 6.45) is 0.917. The zero-order chi connectivity index (χ0) is 17.9. The van der Waals surface area contributed by atoms with Gasteiger partial charge >= 0.3 is 0 Å². The first-order chi connectivity index (χ1) is 12.7. The van der Waals surface area contributed by atoms with Crippen molar-refractivity contribution in [2.24, 2.45) is 7.05 Å². The summed E-state index contributed by atoms with van der Waals surface area (Å²) in [6.45, 7) is 5.52. The lowest BCUT2D eigenvalue weighted by Gasteiger charge is -2.26. The van der Waals surface area contributed by atoms with Crippen molar-refractivity contribution in [3.8, 4) is 17.0 Å². The smallest absolute Gasteiger partial charge is 0.272 e. The number of amides is 1. The van der Waals surface area contributed by atoms with Crippen LogP contribution in [0.25, 0.3) is 11.3 Å². The Balaban J connectivity index is 1.40. The average Bonchev–Trinajstić information content (AvgIpc) is 3.03. The van der Waals surface area contributed by atoms with Gasteiger partial charge in [-0.25, -0.2) is 0 Å². The lowest BCUT2D eigenvalue weighted by atomic mass is 10.0. The van der Waals surface area contributed by atoms with Crippen molar-refractivity contribution in [1.82, 2.24) is 20.0 Å². The van der Waals surface area contributed by atoms with E-state index in [4.69, 9.17) is 9.47 Å². The Bertz CT molecular complexity index is 796. The van der Waals surface area contributed by atoms with E-state index >= 15 is 0 Å². The van der Waals surface area contributed by atoms with Gasteiger partial charge in [0.15, 0.2) is 5.69 Å². The maximum atomic E-state index is 12.6. The fourth-order valence-electron chi connectivity index (χ4n) is 3.58. The Morgan fingerprint density at radius 3 is 2.92 bits per heavy atom. The van der Waals surface area contributed by atoms with Gasteiger partial charge in [0.05, 0.1) is 18.9 Å². The fourth-order valence-corrected chi connectivity index (χ4v) is 3.58. The predicted octanol–water partition coefficient (Wildman–Crippen LogP) is 1.43. The Morgan fingerprint density at radius 1 is 1.27 bits per heavy atom. The molecule has 3 heterocycles. The van der Waals surface area contributed by atoms with Crippen molar-refractivity contribution in [2.45, 2.75) is 13.0 Å². The lowest BCUT2D eigenvalue weighted by molar-refractivity contribution is 0.0374. The second kappa shape index (κ2) is 7.47. The molecule has 1 amide bonds. The van der Waals surface area contributed by atoms with Crippen LogP contribution in [0.5, 0.6) is 5.75 Å². The summed E-state index contributed by atoms with van der Waals surface area (Å²) in [5.41, 5.74) is 3.26. The van der Waals surface area contributed by atoms with Crippen molar-refractivity contribution in [2.75, 3.05) is 39.4 Å². The highest BCUT2D eigenvalue weighted by molar-refractivity contribution is 5.96. The van der Waals surface area contributed by atoms with Gasteiger partial charge in [0.25, 0.3) is 5.91 Å². The quantitative estimate of drug-likeness (QED) is 0.821. The molecule has 0 radical (unpaired) electrons. The van der Waals surface area contributed by atoms with Crippen LogP contribution < -0.4 is 10.1 Å². The number of nitrogens with zero attached hydrogens (tertiary/aromatic N) is 3. The van der Waals surface area contributed by atoms with E-state index in [0.29, 0.717) is 18.8 Å². The van der Waals surface area contributed by atoms with E-state index in [2.05, 4.69) is 15.3 Å². The molecule has 0 atom stereocenters. The molecule has 2 aliphatic rings. The zero-order valence-electron chi connectivity index (χ0n) is 15.0. The van der Waals surface area contributed by atoms with Crippen LogP contribution in [0.15, 0.2) is 24.3 Å². The number of aryl methyl sites for hydroxylation is 1. The lowest BCUT2D eigenvalue weighted by Crippen LogP contribution is -2.38. The minimum atomic E-state index is -0.133. The van der Waals surface area contributed by atoms with E-state index in [0.717, 1.165) is 61.8 Å². The van der Waals surface area contributed by atoms with Crippen molar-refractivity contribution < 1.29 is 14.3 Å². The molecular weight excluding hydrogens is 332 g/mol. The second-order valence-corrected chi connectivity index (χ2v) is 6.65. The Kier molecular flexibility index (Phi) is 4.90. The van der Waals surface area contributed by atoms with E-state index in [1.807, 2.05) is 31.3 Å². The molecule has 1 aromatic heterocycles. The van der Waals surface area contributed by atoms with E-state index in [1.54, 1.807) is 4.68 Å². The second-order valence-electron chi connectivity index (χ2n) is 6.65. The molecule has 7 heteroatoms. The van der Waals surface area contributed by atoms with E-state index in [9.17, 15) is 4.79 Å². The first-order valence-electron chi connectivity index (χ1n) is 9.10. The first kappa shape index (κ1) is 17.1. The highest BCUT2D eigenvalue weighted by Crippen LogP contribution is 2.38. The minimum Gasteiger partial charge on any atom is -0.488 e. The summed E-state index contributed by atoms with van der Waals surface area (Å²) >= 11 is 0. The third-order valence-electron chi connectivity index (χ3n) is 4.91. The maximum absolute atomic E-state index is 12.6. The molecule has 0 unspecified atom stereocenters. The molecule has 4 rings (SSSR count). The highest BCUT2D eigenvalue weighted by atomic mass is 16.5. The summed E-state index contributed by atoms with van der Waals surface area (Å²) in [4.78, 5) is 15.0. The summed E-state index contributed by atoms with van der Waals surface area (Å²) in [5.74, 6) is 0.701. The van der Waals surface area contributed by atoms with E-state index in [-0.39, 0.29) is 5.91 Å². The molecule has 1 saturated heterocycles. The number of nitrogens with one attached hydrogen (secondary N) is 1. The van der Waals surface area contributed by atoms with Gasteiger partial charge < -0.3 is 14.8 Å². The Morgan fingerprint density at radius 2 is 2.08 bits per heavy atom. The molecule has 2 aliphatic heterocycles. The molecular formula is C19H24N4O3. The van der Waals surface area contributed by atoms with E-state index < -0.39 is 0 Å². The summed E-state index contributed by atoms with van der Waals surface area (Å²) in [6, 6.07) is 7.85. The standard InChI is InChI=1S/C19H24N4O3/c1-22-18-14-5-2-3-6-16(14)26-13-15(18)17(21-22)19(24)20-7-4-8-23-9-11-25-12-10-23/h2-3,5-6H,4,7-13H2,1H3,(H,20,24). The number of carbonyl (C=O) groups excluding carboxylic acids is 1. The summed E-state index contributed by atoms with van der Waals surface area (Å²) in [7, 11) is 1.87. The van der Waals surface area contributed by atoms with Crippen LogP contribution in [0.1, 0.15) is 22.5 Å². The maximum Gasteiger partial charge on any atom is 0.272 e. The highest BCUT2D eigenvalue weighted by Gasteiger charge is 2.27. The monoisotopic (exact) mass is 356 g/mol. The van der Waals surface area contributed by atoms with Gasteiger partial charge in [-0.3, -0.25) is 14.4 Å². The van der Waals surface area contributed by atoms with Gasteiger partial charge in [0, 0.05) is 37.8 Å². The van der Waals surface area contributed by atoms with Crippen LogP contribution >= 0.6 is 0 Å². The van der Waals surface area contributed by atoms with Crippen molar-refractivity contribution in [3.05, 3.63) is 35.5 Å². The Hall–Kier alpha value is -2.38. The van der Waals surface area contributed by atoms with Gasteiger partial charge in [-0.15, -0.1) is 0 Å². The molecule has 0 aliphatic carbocycles. The molecule has 0 saturated carbocycles. The third kappa shape index (κ3) is 3.32. The predicted molar refractivity (Wildman–Crippen MR) is 97.2 cm³/mol. The number of carbonyl (C=O) groups is 1. The van der Waals surface area contributed by atoms with Gasteiger partial charge in [-0.05, 0) is 25.1 Å².